The van der Waals surface area contributed by atoms with Gasteiger partial charge in [-0.2, -0.15) is 0 Å². The fourth-order valence-corrected chi connectivity index (χ4v) is 3.50. The van der Waals surface area contributed by atoms with Crippen molar-refractivity contribution in [1.29, 1.82) is 0 Å². The van der Waals surface area contributed by atoms with Crippen molar-refractivity contribution in [1.82, 2.24) is 0 Å². The minimum Gasteiger partial charge on any atom is -0.393 e. The van der Waals surface area contributed by atoms with Crippen LogP contribution in [0, 0.1) is 11.8 Å². The molecule has 1 aliphatic carbocycles. The smallest absolute Gasteiger partial charge is 0.129 e. The highest BCUT2D eigenvalue weighted by molar-refractivity contribution is 5.75. The van der Waals surface area contributed by atoms with Crippen LogP contribution in [-0.2, 0) is 4.79 Å². The second-order valence-electron chi connectivity index (χ2n) is 7.36. The first-order valence-corrected chi connectivity index (χ1v) is 9.82. The number of carbonyl (C=O) groups is 1. The topological polar surface area (TPSA) is 77.8 Å². The van der Waals surface area contributed by atoms with Crippen LogP contribution < -0.4 is 0 Å². The van der Waals surface area contributed by atoms with Crippen molar-refractivity contribution in [2.45, 2.75) is 89.9 Å². The highest BCUT2D eigenvalue weighted by atomic mass is 16.3. The van der Waals surface area contributed by atoms with Crippen LogP contribution in [0.15, 0.2) is 24.3 Å². The number of hydrogen-bond donors (Lipinski definition) is 3. The molecule has 0 saturated heterocycles. The normalized spacial score (nSPS) is 28.2. The lowest BCUT2D eigenvalue weighted by molar-refractivity contribution is -0.117. The zero-order valence-electron chi connectivity index (χ0n) is 15.8. The molecule has 0 radical (unpaired) electrons. The first-order valence-electron chi connectivity index (χ1n) is 9.82. The summed E-state index contributed by atoms with van der Waals surface area (Å²) in [7, 11) is 0. The van der Waals surface area contributed by atoms with Crippen LogP contribution in [-0.4, -0.2) is 39.4 Å². The third-order valence-corrected chi connectivity index (χ3v) is 5.05. The van der Waals surface area contributed by atoms with Gasteiger partial charge in [0.1, 0.15) is 5.78 Å². The van der Waals surface area contributed by atoms with Gasteiger partial charge in [-0.15, -0.1) is 0 Å². The fourth-order valence-electron chi connectivity index (χ4n) is 3.50. The summed E-state index contributed by atoms with van der Waals surface area (Å²) in [6, 6.07) is 0. The van der Waals surface area contributed by atoms with E-state index in [-0.39, 0.29) is 17.6 Å². The molecule has 0 aromatic rings. The van der Waals surface area contributed by atoms with Crippen molar-refractivity contribution in [3.05, 3.63) is 24.3 Å². The maximum atomic E-state index is 10.9. The molecular weight excluding hydrogens is 316 g/mol. The van der Waals surface area contributed by atoms with E-state index in [0.717, 1.165) is 38.5 Å². The molecule has 0 aromatic heterocycles. The molecule has 1 rings (SSSR count). The SMILES string of the molecule is CCCCC[C@H](O)/C=C/[C@@H]1[C@@H](C/C=C\CCCC(C)=O)[C@@H](O)C[C@H]1O. The van der Waals surface area contributed by atoms with Crippen molar-refractivity contribution < 1.29 is 20.1 Å². The number of unbranched alkanes of at least 4 members (excludes halogenated alkanes) is 3. The number of aliphatic hydroxyl groups excluding tert-OH is 3. The lowest BCUT2D eigenvalue weighted by atomic mass is 9.89. The lowest BCUT2D eigenvalue weighted by Gasteiger charge is -2.19. The zero-order valence-corrected chi connectivity index (χ0v) is 15.8. The predicted octanol–water partition coefficient (Wildman–Crippen LogP) is 3.55. The van der Waals surface area contributed by atoms with Gasteiger partial charge in [0.05, 0.1) is 18.3 Å². The minimum absolute atomic E-state index is 0.0156. The number of ketones is 1. The molecule has 0 spiro atoms. The third kappa shape index (κ3) is 8.80. The molecule has 25 heavy (non-hydrogen) atoms. The van der Waals surface area contributed by atoms with Crippen LogP contribution in [0.4, 0.5) is 0 Å². The zero-order chi connectivity index (χ0) is 18.7. The molecule has 1 fully saturated rings. The monoisotopic (exact) mass is 352 g/mol. The van der Waals surface area contributed by atoms with Gasteiger partial charge >= 0.3 is 0 Å². The molecule has 0 amide bonds. The maximum Gasteiger partial charge on any atom is 0.129 e. The van der Waals surface area contributed by atoms with Crippen molar-refractivity contribution in [2.75, 3.05) is 0 Å². The van der Waals surface area contributed by atoms with Crippen LogP contribution in [0.1, 0.15) is 71.6 Å². The Labute approximate surface area is 152 Å². The van der Waals surface area contributed by atoms with Crippen molar-refractivity contribution in [3.63, 3.8) is 0 Å². The van der Waals surface area contributed by atoms with Crippen molar-refractivity contribution in [3.8, 4) is 0 Å². The van der Waals surface area contributed by atoms with E-state index < -0.39 is 18.3 Å². The van der Waals surface area contributed by atoms with E-state index in [1.807, 2.05) is 12.2 Å². The second-order valence-corrected chi connectivity index (χ2v) is 7.36. The second kappa shape index (κ2) is 12.4. The minimum atomic E-state index is -0.551. The number of aliphatic hydroxyl groups is 3. The molecular formula is C21H36O4. The summed E-state index contributed by atoms with van der Waals surface area (Å²) in [6.45, 7) is 3.74. The number of hydrogen-bond acceptors (Lipinski definition) is 4. The standard InChI is InChI=1S/C21H36O4/c1-3-4-7-11-17(23)13-14-19-18(20(24)15-21(19)25)12-9-6-5-8-10-16(2)22/h6,9,13-14,17-21,23-25H,3-5,7-8,10-12,15H2,1-2H3/b9-6-,14-13+/t17-,18+,19+,20-,21+/m0/s1. The van der Waals surface area contributed by atoms with Gasteiger partial charge < -0.3 is 20.1 Å². The molecule has 4 heteroatoms. The van der Waals surface area contributed by atoms with E-state index in [0.29, 0.717) is 19.3 Å². The molecule has 4 nitrogen and oxygen atoms in total. The summed E-state index contributed by atoms with van der Waals surface area (Å²) < 4.78 is 0. The Kier molecular flexibility index (Phi) is 10.9. The van der Waals surface area contributed by atoms with Crippen LogP contribution in [0.25, 0.3) is 0 Å². The molecule has 0 bridgehead atoms. The van der Waals surface area contributed by atoms with Gasteiger partial charge in [-0.1, -0.05) is 50.5 Å². The number of Topliss-reactive ketones (excluding diaryl/α,β-unsaturated/α-hetero) is 1. The van der Waals surface area contributed by atoms with Gasteiger partial charge in [0.25, 0.3) is 0 Å². The van der Waals surface area contributed by atoms with E-state index in [9.17, 15) is 20.1 Å². The Balaban J connectivity index is 2.46. The number of allylic oxidation sites excluding steroid dienone is 2. The summed E-state index contributed by atoms with van der Waals surface area (Å²) in [4.78, 5) is 10.9. The first kappa shape index (κ1) is 22.1. The third-order valence-electron chi connectivity index (χ3n) is 5.05. The number of carbonyl (C=O) groups excluding carboxylic acids is 1. The van der Waals surface area contributed by atoms with Crippen LogP contribution in [0.3, 0.4) is 0 Å². The van der Waals surface area contributed by atoms with E-state index in [1.54, 1.807) is 13.0 Å². The highest BCUT2D eigenvalue weighted by Gasteiger charge is 2.39. The van der Waals surface area contributed by atoms with Gasteiger partial charge in [0, 0.05) is 18.8 Å². The average molecular weight is 353 g/mol. The molecule has 0 heterocycles. The number of rotatable bonds is 12. The Morgan fingerprint density at radius 3 is 2.60 bits per heavy atom. The Bertz CT molecular complexity index is 430. The van der Waals surface area contributed by atoms with Crippen LogP contribution in [0.5, 0.6) is 0 Å². The molecule has 1 aliphatic rings. The van der Waals surface area contributed by atoms with Gasteiger partial charge in [-0.3, -0.25) is 0 Å². The quantitative estimate of drug-likeness (QED) is 0.371. The van der Waals surface area contributed by atoms with Gasteiger partial charge in [-0.25, -0.2) is 0 Å². The average Bonchev–Trinajstić information content (AvgIpc) is 2.82. The Hall–Kier alpha value is -0.970. The Morgan fingerprint density at radius 1 is 1.16 bits per heavy atom. The lowest BCUT2D eigenvalue weighted by Crippen LogP contribution is -2.20. The molecule has 0 aromatic carbocycles. The van der Waals surface area contributed by atoms with Gasteiger partial charge in [0.15, 0.2) is 0 Å². The van der Waals surface area contributed by atoms with Crippen molar-refractivity contribution in [2.24, 2.45) is 11.8 Å². The maximum absolute atomic E-state index is 10.9. The van der Waals surface area contributed by atoms with E-state index in [1.165, 1.54) is 0 Å². The van der Waals surface area contributed by atoms with E-state index >= 15 is 0 Å². The molecule has 5 atom stereocenters. The molecule has 0 aliphatic heterocycles. The molecule has 144 valence electrons. The summed E-state index contributed by atoms with van der Waals surface area (Å²) in [6.07, 6.45) is 13.7. The van der Waals surface area contributed by atoms with Crippen LogP contribution >= 0.6 is 0 Å². The highest BCUT2D eigenvalue weighted by Crippen LogP contribution is 2.36. The van der Waals surface area contributed by atoms with Crippen LogP contribution in [0.2, 0.25) is 0 Å². The Morgan fingerprint density at radius 2 is 1.92 bits per heavy atom. The molecule has 3 N–H and O–H groups in total. The largest absolute Gasteiger partial charge is 0.393 e. The van der Waals surface area contributed by atoms with Gasteiger partial charge in [-0.05, 0) is 38.5 Å². The summed E-state index contributed by atoms with van der Waals surface area (Å²) in [5, 5.41) is 30.4. The van der Waals surface area contributed by atoms with E-state index in [4.69, 9.17) is 0 Å². The first-order chi connectivity index (χ1) is 12.0. The summed E-state index contributed by atoms with van der Waals surface area (Å²) >= 11 is 0. The fraction of sp³-hybridized carbons (Fsp3) is 0.762. The molecule has 1 saturated carbocycles. The summed E-state index contributed by atoms with van der Waals surface area (Å²) in [5.74, 6) is 0.0845. The summed E-state index contributed by atoms with van der Waals surface area (Å²) in [5.41, 5.74) is 0. The molecule has 0 unspecified atom stereocenters. The predicted molar refractivity (Wildman–Crippen MR) is 101 cm³/mol. The van der Waals surface area contributed by atoms with E-state index in [2.05, 4.69) is 13.0 Å². The van der Waals surface area contributed by atoms with Gasteiger partial charge in [0.2, 0.25) is 0 Å². The van der Waals surface area contributed by atoms with Crippen molar-refractivity contribution >= 4 is 5.78 Å².